The molecule has 0 saturated carbocycles. The van der Waals surface area contributed by atoms with Crippen molar-refractivity contribution >= 4 is 27.5 Å². The molecule has 0 aliphatic heterocycles. The van der Waals surface area contributed by atoms with E-state index in [4.69, 9.17) is 4.74 Å². The number of ether oxygens (including phenoxy) is 1. The quantitative estimate of drug-likeness (QED) is 0.449. The molecule has 0 aliphatic carbocycles. The summed E-state index contributed by atoms with van der Waals surface area (Å²) in [7, 11) is -2.20. The molecule has 1 N–H and O–H groups in total. The van der Waals surface area contributed by atoms with E-state index in [9.17, 15) is 22.4 Å². The van der Waals surface area contributed by atoms with Crippen molar-refractivity contribution in [3.05, 3.63) is 59.9 Å². The second-order valence-electron chi connectivity index (χ2n) is 8.08. The molecule has 2 rings (SSSR count). The first-order chi connectivity index (χ1) is 16.6. The molecule has 0 spiro atoms. The van der Waals surface area contributed by atoms with Crippen LogP contribution >= 0.6 is 0 Å². The van der Waals surface area contributed by atoms with Gasteiger partial charge in [0, 0.05) is 26.1 Å². The number of benzene rings is 2. The molecule has 35 heavy (non-hydrogen) atoms. The third-order valence-electron chi connectivity index (χ3n) is 5.52. The number of rotatable bonds is 13. The largest absolute Gasteiger partial charge is 0.497 e. The van der Waals surface area contributed by atoms with Crippen molar-refractivity contribution < 1.29 is 27.1 Å². The van der Waals surface area contributed by atoms with Crippen molar-refractivity contribution in [3.8, 4) is 5.75 Å². The predicted octanol–water partition coefficient (Wildman–Crippen LogP) is 3.32. The molecule has 0 aliphatic rings. The first kappa shape index (κ1) is 28.1. The first-order valence-corrected chi connectivity index (χ1v) is 13.4. The zero-order valence-corrected chi connectivity index (χ0v) is 21.5. The number of halogens is 1. The van der Waals surface area contributed by atoms with Gasteiger partial charge in [0.1, 0.15) is 17.6 Å². The average Bonchev–Trinajstić information content (AvgIpc) is 2.82. The Hall–Kier alpha value is -3.14. The molecule has 2 aromatic carbocycles. The molecule has 0 unspecified atom stereocenters. The highest BCUT2D eigenvalue weighted by atomic mass is 32.2. The lowest BCUT2D eigenvalue weighted by molar-refractivity contribution is -0.141. The van der Waals surface area contributed by atoms with Crippen LogP contribution in [-0.2, 0) is 26.2 Å². The molecule has 0 aromatic heterocycles. The normalized spacial score (nSPS) is 12.0. The maximum atomic E-state index is 14.3. The summed E-state index contributed by atoms with van der Waals surface area (Å²) < 4.78 is 45.0. The fraction of sp³-hybridized carbons (Fsp3) is 0.440. The Morgan fingerprint density at radius 3 is 2.29 bits per heavy atom. The van der Waals surface area contributed by atoms with E-state index in [0.29, 0.717) is 18.7 Å². The first-order valence-electron chi connectivity index (χ1n) is 11.5. The van der Waals surface area contributed by atoms with Gasteiger partial charge in [0.15, 0.2) is 0 Å². The number of carbonyl (C=O) groups excluding carboxylic acids is 2. The molecule has 0 fully saturated rings. The zero-order valence-electron chi connectivity index (χ0n) is 20.7. The van der Waals surface area contributed by atoms with Gasteiger partial charge >= 0.3 is 0 Å². The average molecular weight is 508 g/mol. The van der Waals surface area contributed by atoms with Crippen LogP contribution in [0.5, 0.6) is 5.75 Å². The maximum Gasteiger partial charge on any atom is 0.242 e. The maximum absolute atomic E-state index is 14.3. The molecule has 192 valence electrons. The lowest BCUT2D eigenvalue weighted by atomic mass is 10.1. The number of amides is 2. The molecule has 0 saturated heterocycles. The van der Waals surface area contributed by atoms with Gasteiger partial charge in [-0.2, -0.15) is 0 Å². The summed E-state index contributed by atoms with van der Waals surface area (Å²) in [6, 6.07) is 12.1. The van der Waals surface area contributed by atoms with Gasteiger partial charge in [0.2, 0.25) is 21.8 Å². The molecular formula is C25H34FN3O5S. The topological polar surface area (TPSA) is 96.0 Å². The third-order valence-corrected chi connectivity index (χ3v) is 6.70. The Morgan fingerprint density at radius 2 is 1.74 bits per heavy atom. The summed E-state index contributed by atoms with van der Waals surface area (Å²) in [5, 5.41) is 2.78. The zero-order chi connectivity index (χ0) is 26.0. The Kier molecular flexibility index (Phi) is 10.5. The molecule has 2 amide bonds. The third kappa shape index (κ3) is 7.95. The standard InChI is InChI=1S/C25H34FN3O5S/c1-5-22(25(31)27-6-2)28(18-19-13-15-20(34-3)16-14-19)24(30)12-9-17-29(35(4,32)33)23-11-8-7-10-21(23)26/h7-8,10-11,13-16,22H,5-6,9,12,17-18H2,1-4H3,(H,27,31)/t22-/m0/s1. The van der Waals surface area contributed by atoms with E-state index in [1.54, 1.807) is 25.3 Å². The number of methoxy groups -OCH3 is 1. The van der Waals surface area contributed by atoms with Gasteiger partial charge in [0.05, 0.1) is 19.1 Å². The van der Waals surface area contributed by atoms with Gasteiger partial charge in [-0.05, 0) is 49.6 Å². The molecule has 10 heteroatoms. The van der Waals surface area contributed by atoms with E-state index in [2.05, 4.69) is 5.32 Å². The summed E-state index contributed by atoms with van der Waals surface area (Å²) in [6.07, 6.45) is 1.57. The van der Waals surface area contributed by atoms with Crippen LogP contribution in [0.15, 0.2) is 48.5 Å². The van der Waals surface area contributed by atoms with Gasteiger partial charge in [-0.25, -0.2) is 12.8 Å². The van der Waals surface area contributed by atoms with E-state index in [1.165, 1.54) is 23.1 Å². The van der Waals surface area contributed by atoms with Crippen LogP contribution in [-0.4, -0.2) is 57.6 Å². The molecule has 2 aromatic rings. The number of anilines is 1. The summed E-state index contributed by atoms with van der Waals surface area (Å²) in [4.78, 5) is 27.5. The van der Waals surface area contributed by atoms with Crippen LogP contribution in [0.25, 0.3) is 0 Å². The van der Waals surface area contributed by atoms with Gasteiger partial charge < -0.3 is 15.0 Å². The number of hydrogen-bond donors (Lipinski definition) is 1. The van der Waals surface area contributed by atoms with E-state index in [0.717, 1.165) is 16.1 Å². The summed E-state index contributed by atoms with van der Waals surface area (Å²) in [6.45, 7) is 4.22. The lowest BCUT2D eigenvalue weighted by Gasteiger charge is -2.31. The van der Waals surface area contributed by atoms with Crippen LogP contribution in [0.4, 0.5) is 10.1 Å². The molecule has 0 bridgehead atoms. The van der Waals surface area contributed by atoms with Gasteiger partial charge in [-0.3, -0.25) is 13.9 Å². The number of nitrogens with one attached hydrogen (secondary N) is 1. The second kappa shape index (κ2) is 13.1. The minimum absolute atomic E-state index is 0.00741. The van der Waals surface area contributed by atoms with Crippen LogP contribution in [0.3, 0.4) is 0 Å². The van der Waals surface area contributed by atoms with Crippen molar-refractivity contribution in [2.75, 3.05) is 30.8 Å². The minimum atomic E-state index is -3.76. The van der Waals surface area contributed by atoms with Crippen molar-refractivity contribution in [1.29, 1.82) is 0 Å². The fourth-order valence-electron chi connectivity index (χ4n) is 3.78. The van der Waals surface area contributed by atoms with Crippen molar-refractivity contribution in [3.63, 3.8) is 0 Å². The molecule has 0 heterocycles. The number of carbonyl (C=O) groups is 2. The van der Waals surface area contributed by atoms with Crippen molar-refractivity contribution in [2.45, 2.75) is 45.7 Å². The molecule has 8 nitrogen and oxygen atoms in total. The van der Waals surface area contributed by atoms with Crippen LogP contribution in [0.2, 0.25) is 0 Å². The van der Waals surface area contributed by atoms with E-state index in [1.807, 2.05) is 26.0 Å². The van der Waals surface area contributed by atoms with Crippen LogP contribution in [0.1, 0.15) is 38.7 Å². The molecule has 1 atom stereocenters. The number of nitrogens with zero attached hydrogens (tertiary/aromatic N) is 2. The summed E-state index contributed by atoms with van der Waals surface area (Å²) in [5.74, 6) is -0.522. The van der Waals surface area contributed by atoms with E-state index >= 15 is 0 Å². The Bertz CT molecular complexity index is 1090. The SMILES string of the molecule is CCNC(=O)[C@H](CC)N(Cc1ccc(OC)cc1)C(=O)CCCN(c1ccccc1F)S(C)(=O)=O. The Labute approximate surface area is 207 Å². The predicted molar refractivity (Wildman–Crippen MR) is 134 cm³/mol. The number of hydrogen-bond acceptors (Lipinski definition) is 5. The number of likely N-dealkylation sites (N-methyl/N-ethyl adjacent to an activating group) is 1. The Morgan fingerprint density at radius 1 is 1.09 bits per heavy atom. The summed E-state index contributed by atoms with van der Waals surface area (Å²) >= 11 is 0. The number of para-hydroxylation sites is 1. The molecular weight excluding hydrogens is 473 g/mol. The van der Waals surface area contributed by atoms with E-state index in [-0.39, 0.29) is 43.4 Å². The highest BCUT2D eigenvalue weighted by Crippen LogP contribution is 2.23. The van der Waals surface area contributed by atoms with Crippen molar-refractivity contribution in [1.82, 2.24) is 10.2 Å². The van der Waals surface area contributed by atoms with Crippen LogP contribution in [0, 0.1) is 5.82 Å². The summed E-state index contributed by atoms with van der Waals surface area (Å²) in [5.41, 5.74) is 0.761. The fourth-order valence-corrected chi connectivity index (χ4v) is 4.74. The lowest BCUT2D eigenvalue weighted by Crippen LogP contribution is -2.49. The minimum Gasteiger partial charge on any atom is -0.497 e. The van der Waals surface area contributed by atoms with Gasteiger partial charge in [0.25, 0.3) is 0 Å². The highest BCUT2D eigenvalue weighted by Gasteiger charge is 2.28. The smallest absolute Gasteiger partial charge is 0.242 e. The number of sulfonamides is 1. The van der Waals surface area contributed by atoms with Crippen molar-refractivity contribution in [2.24, 2.45) is 0 Å². The highest BCUT2D eigenvalue weighted by molar-refractivity contribution is 7.92. The van der Waals surface area contributed by atoms with Gasteiger partial charge in [-0.15, -0.1) is 0 Å². The second-order valence-corrected chi connectivity index (χ2v) is 9.99. The molecule has 0 radical (unpaired) electrons. The van der Waals surface area contributed by atoms with Gasteiger partial charge in [-0.1, -0.05) is 31.2 Å². The van der Waals surface area contributed by atoms with E-state index < -0.39 is 21.9 Å². The van der Waals surface area contributed by atoms with Crippen LogP contribution < -0.4 is 14.4 Å². The monoisotopic (exact) mass is 507 g/mol. The Balaban J connectivity index is 2.21.